The number of hydrogen-bond acceptors (Lipinski definition) is 4. The van der Waals surface area contributed by atoms with Gasteiger partial charge in [-0.1, -0.05) is 60.7 Å². The predicted molar refractivity (Wildman–Crippen MR) is 115 cm³/mol. The fraction of sp³-hybridized carbons (Fsp3) is 0.333. The zero-order chi connectivity index (χ0) is 18.8. The Balaban J connectivity index is 1.50. The molecule has 2 N–H and O–H groups in total. The van der Waals surface area contributed by atoms with Crippen molar-refractivity contribution in [3.05, 3.63) is 83.4 Å². The van der Waals surface area contributed by atoms with Gasteiger partial charge >= 0.3 is 0 Å². The van der Waals surface area contributed by atoms with Gasteiger partial charge in [0.1, 0.15) is 12.0 Å². The lowest BCUT2D eigenvalue weighted by Crippen LogP contribution is -2.54. The first kappa shape index (κ1) is 17.4. The maximum Gasteiger partial charge on any atom is 0.131 e. The van der Waals surface area contributed by atoms with Crippen LogP contribution in [0, 0.1) is 5.92 Å². The summed E-state index contributed by atoms with van der Waals surface area (Å²) in [7, 11) is 0. The number of aliphatic imine (C=N–C) groups is 2. The van der Waals surface area contributed by atoms with Gasteiger partial charge in [-0.15, -0.1) is 0 Å². The second kappa shape index (κ2) is 7.72. The van der Waals surface area contributed by atoms with Crippen molar-refractivity contribution in [2.24, 2.45) is 15.9 Å². The molecular weight excluding hydrogens is 344 g/mol. The highest BCUT2D eigenvalue weighted by molar-refractivity contribution is 6.06. The maximum absolute atomic E-state index is 5.04. The number of nitrogens with one attached hydrogen (secondary N) is 2. The largest absolute Gasteiger partial charge is 0.354 e. The number of rotatable bonds is 4. The van der Waals surface area contributed by atoms with E-state index in [0.717, 1.165) is 24.4 Å². The van der Waals surface area contributed by atoms with Crippen molar-refractivity contribution in [2.45, 2.75) is 38.0 Å². The lowest BCUT2D eigenvalue weighted by Gasteiger charge is -2.36. The van der Waals surface area contributed by atoms with Crippen molar-refractivity contribution >= 4 is 11.5 Å². The smallest absolute Gasteiger partial charge is 0.131 e. The van der Waals surface area contributed by atoms with Crippen LogP contribution in [-0.4, -0.2) is 24.3 Å². The molecule has 2 aromatic rings. The third kappa shape index (κ3) is 3.52. The van der Waals surface area contributed by atoms with Gasteiger partial charge in [0.15, 0.2) is 0 Å². The van der Waals surface area contributed by atoms with Crippen LogP contribution in [0.25, 0.3) is 0 Å². The van der Waals surface area contributed by atoms with Crippen LogP contribution >= 0.6 is 0 Å². The Morgan fingerprint density at radius 1 is 0.964 bits per heavy atom. The molecule has 28 heavy (non-hydrogen) atoms. The summed E-state index contributed by atoms with van der Waals surface area (Å²) in [4.78, 5) is 9.55. The van der Waals surface area contributed by atoms with Gasteiger partial charge in [0.2, 0.25) is 0 Å². The quantitative estimate of drug-likeness (QED) is 0.793. The zero-order valence-corrected chi connectivity index (χ0v) is 16.0. The zero-order valence-electron chi connectivity index (χ0n) is 16.0. The molecule has 3 unspecified atom stereocenters. The van der Waals surface area contributed by atoms with Crippen LogP contribution in [0.4, 0.5) is 0 Å². The molecule has 0 saturated carbocycles. The first-order chi connectivity index (χ1) is 13.9. The summed E-state index contributed by atoms with van der Waals surface area (Å²) in [6.45, 7) is 0.953. The SMILES string of the molecule is C1=CC(C2NC(c3cccc(C4=NCC4)c3)=NC(c3ccccc3)N2)CCC1. The van der Waals surface area contributed by atoms with Crippen LogP contribution in [0.3, 0.4) is 0 Å². The molecule has 3 aliphatic rings. The van der Waals surface area contributed by atoms with Crippen LogP contribution in [-0.2, 0) is 0 Å². The van der Waals surface area contributed by atoms with E-state index < -0.39 is 0 Å². The molecule has 4 heteroatoms. The lowest BCUT2D eigenvalue weighted by atomic mass is 9.92. The Kier molecular flexibility index (Phi) is 4.79. The van der Waals surface area contributed by atoms with Crippen molar-refractivity contribution in [1.82, 2.24) is 10.6 Å². The van der Waals surface area contributed by atoms with Crippen molar-refractivity contribution in [3.63, 3.8) is 0 Å². The second-order valence-corrected chi connectivity index (χ2v) is 7.76. The normalized spacial score (nSPS) is 26.6. The molecule has 2 aliphatic heterocycles. The van der Waals surface area contributed by atoms with Gasteiger partial charge in [-0.25, -0.2) is 4.99 Å². The van der Waals surface area contributed by atoms with Gasteiger partial charge < -0.3 is 5.32 Å². The van der Waals surface area contributed by atoms with Gasteiger partial charge in [0.25, 0.3) is 0 Å². The number of nitrogens with zero attached hydrogens (tertiary/aromatic N) is 2. The molecule has 0 amide bonds. The van der Waals surface area contributed by atoms with Gasteiger partial charge in [0.05, 0.1) is 6.17 Å². The molecule has 0 bridgehead atoms. The first-order valence-corrected chi connectivity index (χ1v) is 10.3. The highest BCUT2D eigenvalue weighted by Crippen LogP contribution is 2.26. The molecular formula is C24H26N4. The van der Waals surface area contributed by atoms with Gasteiger partial charge in [0, 0.05) is 30.2 Å². The summed E-state index contributed by atoms with van der Waals surface area (Å²) in [5.41, 5.74) is 4.77. The van der Waals surface area contributed by atoms with Crippen LogP contribution in [0.5, 0.6) is 0 Å². The topological polar surface area (TPSA) is 48.8 Å². The first-order valence-electron chi connectivity index (χ1n) is 10.3. The Bertz CT molecular complexity index is 929. The summed E-state index contributed by atoms with van der Waals surface area (Å²) in [5, 5.41) is 7.41. The van der Waals surface area contributed by atoms with Crippen molar-refractivity contribution < 1.29 is 0 Å². The standard InChI is InChI=1S/C24H26N4/c1-3-8-17(9-4-1)22-26-23(18-10-5-2-6-11-18)28-24(27-22)20-13-7-12-19(16-20)21-14-15-25-21/h1,3-5,7-10,12-13,16,18,22-23,26H,2,6,11,14-15H2,(H,27,28). The van der Waals surface area contributed by atoms with E-state index in [0.29, 0.717) is 5.92 Å². The average Bonchev–Trinajstić information content (AvgIpc) is 2.74. The third-order valence-corrected chi connectivity index (χ3v) is 5.84. The molecule has 142 valence electrons. The monoisotopic (exact) mass is 370 g/mol. The minimum atomic E-state index is -0.0394. The maximum atomic E-state index is 5.04. The minimum absolute atomic E-state index is 0.0394. The van der Waals surface area contributed by atoms with Gasteiger partial charge in [-0.2, -0.15) is 0 Å². The van der Waals surface area contributed by atoms with E-state index >= 15 is 0 Å². The number of hydrogen-bond donors (Lipinski definition) is 2. The van der Waals surface area contributed by atoms with Crippen LogP contribution in [0.15, 0.2) is 76.7 Å². The number of benzene rings is 2. The highest BCUT2D eigenvalue weighted by Gasteiger charge is 2.29. The third-order valence-electron chi connectivity index (χ3n) is 5.84. The second-order valence-electron chi connectivity index (χ2n) is 7.76. The van der Waals surface area contributed by atoms with E-state index in [4.69, 9.17) is 4.99 Å². The van der Waals surface area contributed by atoms with Crippen LogP contribution in [0.1, 0.15) is 48.5 Å². The molecule has 2 heterocycles. The molecule has 5 rings (SSSR count). The average molecular weight is 371 g/mol. The van der Waals surface area contributed by atoms with Gasteiger partial charge in [-0.05, 0) is 36.5 Å². The van der Waals surface area contributed by atoms with E-state index in [1.54, 1.807) is 0 Å². The molecule has 3 atom stereocenters. The van der Waals surface area contributed by atoms with Crippen molar-refractivity contribution in [2.75, 3.05) is 6.54 Å². The van der Waals surface area contributed by atoms with Crippen LogP contribution in [0.2, 0.25) is 0 Å². The Hall–Kier alpha value is -2.72. The molecule has 0 radical (unpaired) electrons. The van der Waals surface area contributed by atoms with E-state index in [-0.39, 0.29) is 12.3 Å². The molecule has 0 fully saturated rings. The summed E-state index contributed by atoms with van der Waals surface area (Å²) >= 11 is 0. The summed E-state index contributed by atoms with van der Waals surface area (Å²) in [5.74, 6) is 1.45. The lowest BCUT2D eigenvalue weighted by molar-refractivity contribution is 0.308. The summed E-state index contributed by atoms with van der Waals surface area (Å²) in [6.07, 6.45) is 9.53. The summed E-state index contributed by atoms with van der Waals surface area (Å²) < 4.78 is 0. The summed E-state index contributed by atoms with van der Waals surface area (Å²) in [6, 6.07) is 19.2. The fourth-order valence-electron chi connectivity index (χ4n) is 4.18. The van der Waals surface area contributed by atoms with Crippen molar-refractivity contribution in [3.8, 4) is 0 Å². The Morgan fingerprint density at radius 3 is 2.57 bits per heavy atom. The molecule has 0 aromatic heterocycles. The number of allylic oxidation sites excluding steroid dienone is 1. The van der Waals surface area contributed by atoms with E-state index in [1.165, 1.54) is 36.1 Å². The molecule has 4 nitrogen and oxygen atoms in total. The van der Waals surface area contributed by atoms with E-state index in [9.17, 15) is 0 Å². The predicted octanol–water partition coefficient (Wildman–Crippen LogP) is 4.20. The fourth-order valence-corrected chi connectivity index (χ4v) is 4.18. The molecule has 0 saturated heterocycles. The Morgan fingerprint density at radius 2 is 1.82 bits per heavy atom. The molecule has 0 spiro atoms. The van der Waals surface area contributed by atoms with Crippen LogP contribution < -0.4 is 10.6 Å². The van der Waals surface area contributed by atoms with Gasteiger partial charge in [-0.3, -0.25) is 10.3 Å². The van der Waals surface area contributed by atoms with Crippen molar-refractivity contribution in [1.29, 1.82) is 0 Å². The highest BCUT2D eigenvalue weighted by atomic mass is 15.3. The van der Waals surface area contributed by atoms with E-state index in [1.807, 2.05) is 0 Å². The van der Waals surface area contributed by atoms with E-state index in [2.05, 4.69) is 82.4 Å². The minimum Gasteiger partial charge on any atom is -0.354 e. The molecule has 1 aliphatic carbocycles. The Labute approximate surface area is 166 Å². The molecule has 2 aromatic carbocycles. The number of amidine groups is 1.